The molecule has 3 N–H and O–H groups in total. The Balaban J connectivity index is 1.61. The predicted octanol–water partition coefficient (Wildman–Crippen LogP) is 2.38. The summed E-state index contributed by atoms with van der Waals surface area (Å²) in [7, 11) is 0. The molecule has 25 heavy (non-hydrogen) atoms. The molecule has 1 heterocycles. The van der Waals surface area contributed by atoms with Gasteiger partial charge in [0.2, 0.25) is 5.91 Å². The van der Waals surface area contributed by atoms with Crippen molar-refractivity contribution in [3.05, 3.63) is 29.3 Å². The lowest BCUT2D eigenvalue weighted by molar-refractivity contribution is -0.123. The summed E-state index contributed by atoms with van der Waals surface area (Å²) in [6.45, 7) is 3.47. The topological polar surface area (TPSA) is 67.6 Å². The Hall–Kier alpha value is -0.950. The molecule has 0 radical (unpaired) electrons. The Labute approximate surface area is 159 Å². The number of likely N-dealkylation sites (tertiary alicyclic amines) is 1. The first-order chi connectivity index (χ1) is 12.1. The summed E-state index contributed by atoms with van der Waals surface area (Å²) < 4.78 is 5.74. The van der Waals surface area contributed by atoms with Gasteiger partial charge in [0, 0.05) is 30.7 Å². The van der Waals surface area contributed by atoms with Gasteiger partial charge in [-0.05, 0) is 55.5 Å². The van der Waals surface area contributed by atoms with Crippen molar-refractivity contribution in [3.8, 4) is 5.75 Å². The lowest BCUT2D eigenvalue weighted by atomic mass is 10.0. The maximum Gasteiger partial charge on any atom is 0.237 e. The molecule has 0 bridgehead atoms. The molecule has 0 spiro atoms. The largest absolute Gasteiger partial charge is 0.492 e. The van der Waals surface area contributed by atoms with Gasteiger partial charge in [0.05, 0.1) is 6.04 Å². The number of benzene rings is 1. The van der Waals surface area contributed by atoms with Crippen LogP contribution in [0.15, 0.2) is 24.3 Å². The summed E-state index contributed by atoms with van der Waals surface area (Å²) in [5.74, 6) is 1.74. The Bertz CT molecular complexity index is 522. The van der Waals surface area contributed by atoms with E-state index in [1.165, 1.54) is 0 Å². The number of rotatable bonds is 9. The molecular weight excluding hydrogens is 358 g/mol. The zero-order chi connectivity index (χ0) is 18.1. The van der Waals surface area contributed by atoms with E-state index >= 15 is 0 Å². The van der Waals surface area contributed by atoms with Crippen molar-refractivity contribution in [2.75, 3.05) is 38.2 Å². The molecule has 0 aromatic heterocycles. The lowest BCUT2D eigenvalue weighted by Crippen LogP contribution is -2.50. The van der Waals surface area contributed by atoms with E-state index in [1.54, 1.807) is 11.8 Å². The van der Waals surface area contributed by atoms with Crippen LogP contribution in [0.4, 0.5) is 0 Å². The van der Waals surface area contributed by atoms with Crippen LogP contribution in [0, 0.1) is 0 Å². The van der Waals surface area contributed by atoms with Gasteiger partial charge in [-0.1, -0.05) is 11.6 Å². The number of nitrogens with two attached hydrogens (primary N) is 1. The smallest absolute Gasteiger partial charge is 0.237 e. The van der Waals surface area contributed by atoms with Crippen molar-refractivity contribution in [3.63, 3.8) is 0 Å². The number of ether oxygens (including phenoxy) is 1. The number of carbonyl (C=O) groups excluding carboxylic acids is 1. The molecule has 1 aliphatic heterocycles. The second-order valence-corrected chi connectivity index (χ2v) is 7.74. The van der Waals surface area contributed by atoms with Crippen LogP contribution in [0.2, 0.25) is 5.02 Å². The molecule has 1 amide bonds. The standard InChI is InChI=1S/C18H28ClN3O2S/c1-25-13-8-17(20)18(23)21-15-6-9-22(10-7-15)11-12-24-16-4-2-14(19)3-5-16/h2-5,15,17H,6-13,20H2,1H3,(H,21,23)/t17-/m0/s1. The number of piperidine rings is 1. The SMILES string of the molecule is CSCC[C@H](N)C(=O)NC1CCN(CCOc2ccc(Cl)cc2)CC1. The average Bonchev–Trinajstić information content (AvgIpc) is 2.62. The number of hydrogen-bond donors (Lipinski definition) is 2. The molecule has 5 nitrogen and oxygen atoms in total. The monoisotopic (exact) mass is 385 g/mol. The van der Waals surface area contributed by atoms with E-state index in [4.69, 9.17) is 22.1 Å². The summed E-state index contributed by atoms with van der Waals surface area (Å²) >= 11 is 7.57. The molecule has 0 unspecified atom stereocenters. The van der Waals surface area contributed by atoms with E-state index in [2.05, 4.69) is 10.2 Å². The zero-order valence-corrected chi connectivity index (χ0v) is 16.3. The predicted molar refractivity (Wildman–Crippen MR) is 106 cm³/mol. The fourth-order valence-corrected chi connectivity index (χ4v) is 3.42. The summed E-state index contributed by atoms with van der Waals surface area (Å²) in [6.07, 6.45) is 4.68. The molecule has 0 saturated carbocycles. The average molecular weight is 386 g/mol. The van der Waals surface area contributed by atoms with Gasteiger partial charge in [0.1, 0.15) is 12.4 Å². The third kappa shape index (κ3) is 7.44. The Morgan fingerprint density at radius 1 is 1.40 bits per heavy atom. The van der Waals surface area contributed by atoms with Crippen LogP contribution in [0.5, 0.6) is 5.75 Å². The van der Waals surface area contributed by atoms with Crippen molar-refractivity contribution < 1.29 is 9.53 Å². The highest BCUT2D eigenvalue weighted by Gasteiger charge is 2.22. The molecule has 0 aliphatic carbocycles. The quantitative estimate of drug-likeness (QED) is 0.683. The van der Waals surface area contributed by atoms with Gasteiger partial charge in [-0.25, -0.2) is 0 Å². The van der Waals surface area contributed by atoms with Crippen LogP contribution < -0.4 is 15.8 Å². The van der Waals surface area contributed by atoms with E-state index in [9.17, 15) is 4.79 Å². The Morgan fingerprint density at radius 3 is 2.72 bits per heavy atom. The van der Waals surface area contributed by atoms with Crippen molar-refractivity contribution in [1.82, 2.24) is 10.2 Å². The summed E-state index contributed by atoms with van der Waals surface area (Å²) in [5.41, 5.74) is 5.92. The number of nitrogens with zero attached hydrogens (tertiary/aromatic N) is 1. The maximum atomic E-state index is 12.1. The van der Waals surface area contributed by atoms with Crippen molar-refractivity contribution in [2.45, 2.75) is 31.3 Å². The number of hydrogen-bond acceptors (Lipinski definition) is 5. The van der Waals surface area contributed by atoms with Crippen LogP contribution in [0.25, 0.3) is 0 Å². The molecule has 1 aromatic rings. The first-order valence-electron chi connectivity index (χ1n) is 8.74. The minimum absolute atomic E-state index is 0.0152. The zero-order valence-electron chi connectivity index (χ0n) is 14.7. The number of carbonyl (C=O) groups is 1. The fourth-order valence-electron chi connectivity index (χ4n) is 2.81. The molecule has 140 valence electrons. The summed E-state index contributed by atoms with van der Waals surface area (Å²) in [5, 5.41) is 3.80. The van der Waals surface area contributed by atoms with E-state index in [1.807, 2.05) is 30.5 Å². The van der Waals surface area contributed by atoms with E-state index < -0.39 is 6.04 Å². The number of halogens is 1. The lowest BCUT2D eigenvalue weighted by Gasteiger charge is -2.32. The van der Waals surface area contributed by atoms with E-state index in [0.29, 0.717) is 11.6 Å². The van der Waals surface area contributed by atoms with Gasteiger partial charge in [-0.2, -0.15) is 11.8 Å². The van der Waals surface area contributed by atoms with E-state index in [-0.39, 0.29) is 11.9 Å². The molecule has 1 atom stereocenters. The molecule has 1 fully saturated rings. The van der Waals surface area contributed by atoms with Crippen LogP contribution in [0.3, 0.4) is 0 Å². The van der Waals surface area contributed by atoms with Crippen LogP contribution in [-0.2, 0) is 4.79 Å². The van der Waals surface area contributed by atoms with Gasteiger partial charge in [0.25, 0.3) is 0 Å². The van der Waals surface area contributed by atoms with Gasteiger partial charge in [-0.15, -0.1) is 0 Å². The second kappa shape index (κ2) is 10.9. The fraction of sp³-hybridized carbons (Fsp3) is 0.611. The molecule has 1 saturated heterocycles. The normalized spacial score (nSPS) is 17.2. The summed E-state index contributed by atoms with van der Waals surface area (Å²) in [6, 6.07) is 7.26. The highest BCUT2D eigenvalue weighted by molar-refractivity contribution is 7.98. The first-order valence-corrected chi connectivity index (χ1v) is 10.5. The molecule has 2 rings (SSSR count). The third-order valence-corrected chi connectivity index (χ3v) is 5.29. The highest BCUT2D eigenvalue weighted by atomic mass is 35.5. The molecule has 1 aromatic carbocycles. The third-order valence-electron chi connectivity index (χ3n) is 4.39. The number of thioether (sulfide) groups is 1. The van der Waals surface area contributed by atoms with Crippen molar-refractivity contribution in [2.24, 2.45) is 5.73 Å². The first kappa shape index (κ1) is 20.4. The van der Waals surface area contributed by atoms with Gasteiger partial charge < -0.3 is 15.8 Å². The van der Waals surface area contributed by atoms with Crippen molar-refractivity contribution >= 4 is 29.3 Å². The maximum absolute atomic E-state index is 12.1. The molecular formula is C18H28ClN3O2S. The molecule has 1 aliphatic rings. The second-order valence-electron chi connectivity index (χ2n) is 6.31. The Morgan fingerprint density at radius 2 is 2.08 bits per heavy atom. The Kier molecular flexibility index (Phi) is 8.89. The van der Waals surface area contributed by atoms with Gasteiger partial charge >= 0.3 is 0 Å². The van der Waals surface area contributed by atoms with Crippen LogP contribution in [0.1, 0.15) is 19.3 Å². The van der Waals surface area contributed by atoms with Gasteiger partial charge in [0.15, 0.2) is 0 Å². The molecule has 7 heteroatoms. The number of amides is 1. The summed E-state index contributed by atoms with van der Waals surface area (Å²) in [4.78, 5) is 14.4. The number of nitrogens with one attached hydrogen (secondary N) is 1. The van der Waals surface area contributed by atoms with Crippen LogP contribution >= 0.6 is 23.4 Å². The van der Waals surface area contributed by atoms with Gasteiger partial charge in [-0.3, -0.25) is 9.69 Å². The minimum Gasteiger partial charge on any atom is -0.492 e. The minimum atomic E-state index is -0.391. The van der Waals surface area contributed by atoms with E-state index in [0.717, 1.165) is 50.4 Å². The highest BCUT2D eigenvalue weighted by Crippen LogP contribution is 2.16. The van der Waals surface area contributed by atoms with Crippen molar-refractivity contribution in [1.29, 1.82) is 0 Å². The van der Waals surface area contributed by atoms with Crippen LogP contribution in [-0.4, -0.2) is 61.1 Å².